The van der Waals surface area contributed by atoms with E-state index in [9.17, 15) is 4.79 Å². The smallest absolute Gasteiger partial charge is 0.223 e. The lowest BCUT2D eigenvalue weighted by Gasteiger charge is -2.12. The minimum atomic E-state index is 0.0910. The molecule has 116 valence electrons. The fourth-order valence-electron chi connectivity index (χ4n) is 2.46. The first kappa shape index (κ1) is 15.8. The van der Waals surface area contributed by atoms with E-state index >= 15 is 0 Å². The van der Waals surface area contributed by atoms with E-state index in [0.717, 1.165) is 35.5 Å². The Morgan fingerprint density at radius 1 is 1.38 bits per heavy atom. The molecule has 0 bridgehead atoms. The molecule has 0 saturated carbocycles. The van der Waals surface area contributed by atoms with Gasteiger partial charge in [-0.2, -0.15) is 5.10 Å². The van der Waals surface area contributed by atoms with E-state index < -0.39 is 0 Å². The Morgan fingerprint density at radius 3 is 2.67 bits per heavy atom. The van der Waals surface area contributed by atoms with E-state index in [0.29, 0.717) is 18.8 Å². The normalized spacial score (nSPS) is 11.3. The van der Waals surface area contributed by atoms with Crippen LogP contribution < -0.4 is 0 Å². The summed E-state index contributed by atoms with van der Waals surface area (Å²) >= 11 is 6.01. The number of carbonyl (C=O) groups excluding carboxylic acids is 1. The standard InChI is InChI=1S/C14H22ClN5O/c1-5-6-10-13-14(19(4)17-10)20(11(9-15)16-13)8-7-12(21)18(2)3/h5-9H2,1-4H3. The van der Waals surface area contributed by atoms with Gasteiger partial charge in [0.2, 0.25) is 5.91 Å². The lowest BCUT2D eigenvalue weighted by molar-refractivity contribution is -0.128. The third-order valence-electron chi connectivity index (χ3n) is 3.52. The molecule has 2 rings (SSSR count). The summed E-state index contributed by atoms with van der Waals surface area (Å²) in [5, 5.41) is 4.53. The molecule has 0 unspecified atom stereocenters. The molecule has 0 spiro atoms. The van der Waals surface area contributed by atoms with Gasteiger partial charge in [-0.15, -0.1) is 11.6 Å². The molecule has 0 N–H and O–H groups in total. The minimum absolute atomic E-state index is 0.0910. The molecule has 0 aromatic carbocycles. The van der Waals surface area contributed by atoms with Crippen LogP contribution in [0.2, 0.25) is 0 Å². The third kappa shape index (κ3) is 3.05. The quantitative estimate of drug-likeness (QED) is 0.766. The fraction of sp³-hybridized carbons (Fsp3) is 0.643. The molecule has 2 aromatic rings. The number of hydrogen-bond acceptors (Lipinski definition) is 3. The number of carbonyl (C=O) groups is 1. The molecule has 0 aliphatic carbocycles. The zero-order valence-corrected chi connectivity index (χ0v) is 13.8. The van der Waals surface area contributed by atoms with Crippen molar-refractivity contribution < 1.29 is 4.79 Å². The van der Waals surface area contributed by atoms with Gasteiger partial charge < -0.3 is 9.47 Å². The number of halogens is 1. The van der Waals surface area contributed by atoms with Crippen molar-refractivity contribution in [3.8, 4) is 0 Å². The second-order valence-corrected chi connectivity index (χ2v) is 5.61. The van der Waals surface area contributed by atoms with Gasteiger partial charge in [-0.1, -0.05) is 13.3 Å². The maximum absolute atomic E-state index is 11.8. The highest BCUT2D eigenvalue weighted by Gasteiger charge is 2.19. The molecule has 7 heteroatoms. The number of imidazole rings is 1. The number of hydrogen-bond donors (Lipinski definition) is 0. The summed E-state index contributed by atoms with van der Waals surface area (Å²) in [6.07, 6.45) is 2.34. The maximum atomic E-state index is 11.8. The van der Waals surface area contributed by atoms with Crippen molar-refractivity contribution in [1.82, 2.24) is 24.2 Å². The molecule has 0 saturated heterocycles. The average molecular weight is 312 g/mol. The molecular formula is C14H22ClN5O. The zero-order valence-electron chi connectivity index (χ0n) is 13.1. The number of nitrogens with zero attached hydrogens (tertiary/aromatic N) is 5. The molecule has 0 fully saturated rings. The maximum Gasteiger partial charge on any atom is 0.223 e. The molecule has 0 aliphatic heterocycles. The number of fused-ring (bicyclic) bond motifs is 1. The Morgan fingerprint density at radius 2 is 2.10 bits per heavy atom. The van der Waals surface area contributed by atoms with Gasteiger partial charge >= 0.3 is 0 Å². The van der Waals surface area contributed by atoms with Crippen LogP contribution in [-0.4, -0.2) is 44.2 Å². The van der Waals surface area contributed by atoms with Gasteiger partial charge in [-0.3, -0.25) is 9.48 Å². The van der Waals surface area contributed by atoms with Crippen molar-refractivity contribution in [2.75, 3.05) is 14.1 Å². The van der Waals surface area contributed by atoms with E-state index in [-0.39, 0.29) is 5.91 Å². The van der Waals surface area contributed by atoms with Crippen LogP contribution in [0.1, 0.15) is 31.3 Å². The van der Waals surface area contributed by atoms with Crippen LogP contribution in [-0.2, 0) is 30.7 Å². The van der Waals surface area contributed by atoms with Gasteiger partial charge in [-0.05, 0) is 6.42 Å². The van der Waals surface area contributed by atoms with Gasteiger partial charge in [-0.25, -0.2) is 4.98 Å². The van der Waals surface area contributed by atoms with E-state index in [1.807, 2.05) is 16.3 Å². The molecule has 0 atom stereocenters. The van der Waals surface area contributed by atoms with Crippen LogP contribution in [0.25, 0.3) is 11.2 Å². The summed E-state index contributed by atoms with van der Waals surface area (Å²) in [4.78, 5) is 18.0. The summed E-state index contributed by atoms with van der Waals surface area (Å²) in [6, 6.07) is 0. The predicted octanol–water partition coefficient (Wildman–Crippen LogP) is 1.94. The van der Waals surface area contributed by atoms with Gasteiger partial charge in [0.05, 0.1) is 11.6 Å². The fourth-order valence-corrected chi connectivity index (χ4v) is 2.66. The van der Waals surface area contributed by atoms with Crippen molar-refractivity contribution in [3.05, 3.63) is 11.5 Å². The minimum Gasteiger partial charge on any atom is -0.349 e. The first-order valence-corrected chi connectivity index (χ1v) is 7.70. The van der Waals surface area contributed by atoms with Crippen LogP contribution in [0.4, 0.5) is 0 Å². The second-order valence-electron chi connectivity index (χ2n) is 5.34. The van der Waals surface area contributed by atoms with Crippen LogP contribution in [0.3, 0.4) is 0 Å². The van der Waals surface area contributed by atoms with Crippen LogP contribution in [0.15, 0.2) is 0 Å². The molecule has 0 aliphatic rings. The van der Waals surface area contributed by atoms with E-state index in [2.05, 4.69) is 17.0 Å². The summed E-state index contributed by atoms with van der Waals surface area (Å²) in [5.41, 5.74) is 2.85. The Bertz CT molecular complexity index is 643. The van der Waals surface area contributed by atoms with Crippen LogP contribution in [0, 0.1) is 0 Å². The van der Waals surface area contributed by atoms with E-state index in [1.54, 1.807) is 19.0 Å². The topological polar surface area (TPSA) is 56.0 Å². The number of amides is 1. The first-order valence-electron chi connectivity index (χ1n) is 7.16. The summed E-state index contributed by atoms with van der Waals surface area (Å²) in [7, 11) is 5.43. The van der Waals surface area contributed by atoms with Crippen LogP contribution in [0.5, 0.6) is 0 Å². The molecule has 1 amide bonds. The largest absolute Gasteiger partial charge is 0.349 e. The number of rotatable bonds is 6. The highest BCUT2D eigenvalue weighted by Crippen LogP contribution is 2.22. The Hall–Kier alpha value is -1.56. The lowest BCUT2D eigenvalue weighted by Crippen LogP contribution is -2.23. The monoisotopic (exact) mass is 311 g/mol. The number of aromatic nitrogens is 4. The van der Waals surface area contributed by atoms with Gasteiger partial charge in [0.1, 0.15) is 11.3 Å². The SMILES string of the molecule is CCCc1nn(C)c2c1nc(CCl)n2CCC(=O)N(C)C. The average Bonchev–Trinajstić information content (AvgIpc) is 2.95. The number of aryl methyl sites for hydroxylation is 3. The molecule has 0 radical (unpaired) electrons. The molecule has 2 aromatic heterocycles. The van der Waals surface area contributed by atoms with Crippen LogP contribution >= 0.6 is 11.6 Å². The summed E-state index contributed by atoms with van der Waals surface area (Å²) in [6.45, 7) is 2.69. The van der Waals surface area contributed by atoms with Crippen molar-refractivity contribution >= 4 is 28.7 Å². The van der Waals surface area contributed by atoms with Gasteiger partial charge in [0.25, 0.3) is 0 Å². The molecule has 2 heterocycles. The zero-order chi connectivity index (χ0) is 15.6. The lowest BCUT2D eigenvalue weighted by atomic mass is 10.2. The highest BCUT2D eigenvalue weighted by molar-refractivity contribution is 6.16. The highest BCUT2D eigenvalue weighted by atomic mass is 35.5. The third-order valence-corrected chi connectivity index (χ3v) is 3.76. The summed E-state index contributed by atoms with van der Waals surface area (Å²) in [5.74, 6) is 1.22. The molecule has 21 heavy (non-hydrogen) atoms. The van der Waals surface area contributed by atoms with Crippen molar-refractivity contribution in [2.24, 2.45) is 7.05 Å². The predicted molar refractivity (Wildman–Crippen MR) is 83.4 cm³/mol. The van der Waals surface area contributed by atoms with Gasteiger partial charge in [0, 0.05) is 34.1 Å². The van der Waals surface area contributed by atoms with Gasteiger partial charge in [0.15, 0.2) is 5.65 Å². The number of alkyl halides is 1. The Kier molecular flexibility index (Phi) is 4.88. The first-order chi connectivity index (χ1) is 9.99. The van der Waals surface area contributed by atoms with E-state index in [1.165, 1.54) is 0 Å². The summed E-state index contributed by atoms with van der Waals surface area (Å²) < 4.78 is 3.85. The molecular weight excluding hydrogens is 290 g/mol. The Labute approximate surface area is 129 Å². The Balaban J connectivity index is 2.39. The van der Waals surface area contributed by atoms with Crippen molar-refractivity contribution in [2.45, 2.75) is 38.6 Å². The van der Waals surface area contributed by atoms with Crippen molar-refractivity contribution in [1.29, 1.82) is 0 Å². The van der Waals surface area contributed by atoms with E-state index in [4.69, 9.17) is 11.6 Å². The van der Waals surface area contributed by atoms with Crippen molar-refractivity contribution in [3.63, 3.8) is 0 Å². The second kappa shape index (κ2) is 6.47. The molecule has 6 nitrogen and oxygen atoms in total.